The molecule has 1 N–H and O–H groups in total. The minimum Gasteiger partial charge on any atom is -0.497 e. The van der Waals surface area contributed by atoms with Crippen LogP contribution in [0.25, 0.3) is 0 Å². The zero-order valence-electron chi connectivity index (χ0n) is 13.4. The summed E-state index contributed by atoms with van der Waals surface area (Å²) in [5, 5.41) is 2.52. The number of carbonyl (C=O) groups is 1. The van der Waals surface area contributed by atoms with Gasteiger partial charge in [-0.3, -0.25) is 4.79 Å². The minimum absolute atomic E-state index is 0.0422. The van der Waals surface area contributed by atoms with E-state index in [2.05, 4.69) is 5.32 Å². The second-order valence-electron chi connectivity index (χ2n) is 5.10. The number of hydrogen-bond donors (Lipinski definition) is 1. The van der Waals surface area contributed by atoms with E-state index in [-0.39, 0.29) is 12.1 Å². The number of benzene rings is 2. The third kappa shape index (κ3) is 5.00. The summed E-state index contributed by atoms with van der Waals surface area (Å²) in [6.45, 7) is 0. The number of carbonyl (C=O) groups excluding carboxylic acids is 1. The first kappa shape index (κ1) is 19.4. The molecule has 2 aromatic rings. The Hall–Kier alpha value is -1.97. The fourth-order valence-electron chi connectivity index (χ4n) is 2.16. The normalized spacial score (nSPS) is 11.1. The van der Waals surface area contributed by atoms with E-state index in [9.17, 15) is 18.0 Å². The van der Waals surface area contributed by atoms with E-state index in [0.717, 1.165) is 12.1 Å². The van der Waals surface area contributed by atoms with Crippen molar-refractivity contribution in [3.05, 3.63) is 51.1 Å². The van der Waals surface area contributed by atoms with Crippen molar-refractivity contribution < 1.29 is 27.4 Å². The Balaban J connectivity index is 2.18. The zero-order valence-corrected chi connectivity index (χ0v) is 15.6. The van der Waals surface area contributed by atoms with E-state index < -0.39 is 17.6 Å². The van der Waals surface area contributed by atoms with Gasteiger partial charge in [0.15, 0.2) is 0 Å². The standard InChI is InChI=1S/C17H15F3INO3/c1-24-12-5-3-10(15(9-12)25-2)7-16(23)22-14-8-11(17(18,19)20)4-6-13(14)21/h3-6,8-9H,7H2,1-2H3,(H,22,23). The van der Waals surface area contributed by atoms with E-state index in [0.29, 0.717) is 20.6 Å². The molecule has 0 saturated heterocycles. The first-order chi connectivity index (χ1) is 11.7. The number of halogens is 4. The summed E-state index contributed by atoms with van der Waals surface area (Å²) in [5.74, 6) is 0.599. The third-order valence-electron chi connectivity index (χ3n) is 3.41. The van der Waals surface area contributed by atoms with Crippen molar-refractivity contribution in [2.75, 3.05) is 19.5 Å². The van der Waals surface area contributed by atoms with Crippen LogP contribution in [0.5, 0.6) is 11.5 Å². The van der Waals surface area contributed by atoms with E-state index >= 15 is 0 Å². The van der Waals surface area contributed by atoms with Gasteiger partial charge in [0.25, 0.3) is 0 Å². The summed E-state index contributed by atoms with van der Waals surface area (Å²) in [5.41, 5.74) is -0.0964. The first-order valence-corrected chi connectivity index (χ1v) is 8.20. The lowest BCUT2D eigenvalue weighted by molar-refractivity contribution is -0.137. The summed E-state index contributed by atoms with van der Waals surface area (Å²) in [7, 11) is 2.97. The minimum atomic E-state index is -4.47. The van der Waals surface area contributed by atoms with Crippen LogP contribution in [0.4, 0.5) is 18.9 Å². The van der Waals surface area contributed by atoms with E-state index in [1.54, 1.807) is 18.2 Å². The third-order valence-corrected chi connectivity index (χ3v) is 4.35. The van der Waals surface area contributed by atoms with Crippen molar-refractivity contribution in [1.82, 2.24) is 0 Å². The van der Waals surface area contributed by atoms with Gasteiger partial charge >= 0.3 is 6.18 Å². The van der Waals surface area contributed by atoms with Crippen LogP contribution >= 0.6 is 22.6 Å². The van der Waals surface area contributed by atoms with E-state index in [1.807, 2.05) is 22.6 Å². The Kier molecular flexibility index (Phi) is 6.15. The van der Waals surface area contributed by atoms with Gasteiger partial charge in [0.2, 0.25) is 5.91 Å². The van der Waals surface area contributed by atoms with Gasteiger partial charge < -0.3 is 14.8 Å². The maximum atomic E-state index is 12.8. The lowest BCUT2D eigenvalue weighted by atomic mass is 10.1. The number of alkyl halides is 3. The predicted molar refractivity (Wildman–Crippen MR) is 96.0 cm³/mol. The van der Waals surface area contributed by atoms with Crippen molar-refractivity contribution in [3.8, 4) is 11.5 Å². The molecule has 0 spiro atoms. The Bertz CT molecular complexity index is 778. The quantitative estimate of drug-likeness (QED) is 0.662. The summed E-state index contributed by atoms with van der Waals surface area (Å²) >= 11 is 1.87. The maximum Gasteiger partial charge on any atom is 0.416 e. The van der Waals surface area contributed by atoms with E-state index in [1.165, 1.54) is 20.3 Å². The average Bonchev–Trinajstić information content (AvgIpc) is 2.56. The molecule has 0 saturated carbocycles. The molecular weight excluding hydrogens is 450 g/mol. The van der Waals surface area contributed by atoms with Crippen LogP contribution in [-0.2, 0) is 17.4 Å². The lowest BCUT2D eigenvalue weighted by Gasteiger charge is -2.13. The Morgan fingerprint density at radius 1 is 1.12 bits per heavy atom. The van der Waals surface area contributed by atoms with Crippen LogP contribution in [0, 0.1) is 3.57 Å². The highest BCUT2D eigenvalue weighted by Crippen LogP contribution is 2.33. The molecule has 0 aliphatic carbocycles. The van der Waals surface area contributed by atoms with Crippen LogP contribution in [0.2, 0.25) is 0 Å². The maximum absolute atomic E-state index is 12.8. The Labute approximate surface area is 156 Å². The first-order valence-electron chi connectivity index (χ1n) is 7.12. The number of anilines is 1. The monoisotopic (exact) mass is 465 g/mol. The molecule has 0 aliphatic heterocycles. The summed E-state index contributed by atoms with van der Waals surface area (Å²) in [6.07, 6.45) is -4.51. The topological polar surface area (TPSA) is 47.6 Å². The highest BCUT2D eigenvalue weighted by molar-refractivity contribution is 14.1. The number of rotatable bonds is 5. The van der Waals surface area contributed by atoms with Crippen LogP contribution in [0.3, 0.4) is 0 Å². The molecule has 0 unspecified atom stereocenters. The van der Waals surface area contributed by atoms with Gasteiger partial charge in [0.05, 0.1) is 31.9 Å². The molecule has 0 heterocycles. The second-order valence-corrected chi connectivity index (χ2v) is 6.26. The highest BCUT2D eigenvalue weighted by Gasteiger charge is 2.31. The molecule has 8 heteroatoms. The predicted octanol–water partition coefficient (Wildman–Crippen LogP) is 4.51. The molecule has 2 aromatic carbocycles. The van der Waals surface area contributed by atoms with Crippen LogP contribution in [-0.4, -0.2) is 20.1 Å². The molecule has 25 heavy (non-hydrogen) atoms. The Morgan fingerprint density at radius 3 is 2.44 bits per heavy atom. The van der Waals surface area contributed by atoms with Crippen molar-refractivity contribution in [2.45, 2.75) is 12.6 Å². The molecule has 134 valence electrons. The summed E-state index contributed by atoms with van der Waals surface area (Å²) < 4.78 is 49.2. The van der Waals surface area contributed by atoms with Gasteiger partial charge in [0.1, 0.15) is 11.5 Å². The number of methoxy groups -OCH3 is 2. The van der Waals surface area contributed by atoms with Gasteiger partial charge in [0, 0.05) is 15.2 Å². The average molecular weight is 465 g/mol. The lowest BCUT2D eigenvalue weighted by Crippen LogP contribution is -2.16. The Morgan fingerprint density at radius 2 is 1.84 bits per heavy atom. The zero-order chi connectivity index (χ0) is 18.6. The smallest absolute Gasteiger partial charge is 0.416 e. The fraction of sp³-hybridized carbons (Fsp3) is 0.235. The number of ether oxygens (including phenoxy) is 2. The molecule has 0 bridgehead atoms. The van der Waals surface area contributed by atoms with Gasteiger partial charge in [-0.05, 0) is 46.9 Å². The van der Waals surface area contributed by atoms with Gasteiger partial charge in [-0.25, -0.2) is 0 Å². The molecule has 0 radical (unpaired) electrons. The van der Waals surface area contributed by atoms with Crippen LogP contribution in [0.1, 0.15) is 11.1 Å². The van der Waals surface area contributed by atoms with Crippen LogP contribution in [0.15, 0.2) is 36.4 Å². The highest BCUT2D eigenvalue weighted by atomic mass is 127. The molecule has 0 aliphatic rings. The van der Waals surface area contributed by atoms with E-state index in [4.69, 9.17) is 9.47 Å². The summed E-state index contributed by atoms with van der Waals surface area (Å²) in [6, 6.07) is 8.20. The van der Waals surface area contributed by atoms with Gasteiger partial charge in [-0.15, -0.1) is 0 Å². The number of nitrogens with one attached hydrogen (secondary N) is 1. The SMILES string of the molecule is COc1ccc(CC(=O)Nc2cc(C(F)(F)F)ccc2I)c(OC)c1. The molecule has 4 nitrogen and oxygen atoms in total. The molecule has 0 aromatic heterocycles. The van der Waals surface area contributed by atoms with Gasteiger partial charge in [-0.1, -0.05) is 6.07 Å². The molecule has 0 fully saturated rings. The van der Waals surface area contributed by atoms with Crippen molar-refractivity contribution in [2.24, 2.45) is 0 Å². The van der Waals surface area contributed by atoms with Gasteiger partial charge in [-0.2, -0.15) is 13.2 Å². The molecule has 2 rings (SSSR count). The molecular formula is C17H15F3INO3. The number of hydrogen-bond acceptors (Lipinski definition) is 3. The van der Waals surface area contributed by atoms with Crippen molar-refractivity contribution >= 4 is 34.2 Å². The molecule has 0 atom stereocenters. The summed E-state index contributed by atoms with van der Waals surface area (Å²) in [4.78, 5) is 12.2. The molecule has 1 amide bonds. The van der Waals surface area contributed by atoms with Crippen molar-refractivity contribution in [1.29, 1.82) is 0 Å². The van der Waals surface area contributed by atoms with Crippen molar-refractivity contribution in [3.63, 3.8) is 0 Å². The number of amides is 1. The largest absolute Gasteiger partial charge is 0.497 e. The van der Waals surface area contributed by atoms with Crippen LogP contribution < -0.4 is 14.8 Å². The second kappa shape index (κ2) is 7.94. The fourth-order valence-corrected chi connectivity index (χ4v) is 2.63.